The molecule has 1 N–H and O–H groups in total. The summed E-state index contributed by atoms with van der Waals surface area (Å²) in [7, 11) is 0. The first kappa shape index (κ1) is 10.7. The molecule has 4 heteroatoms. The van der Waals surface area contributed by atoms with Gasteiger partial charge in [0.15, 0.2) is 5.75 Å². The van der Waals surface area contributed by atoms with Crippen molar-refractivity contribution in [1.29, 1.82) is 0 Å². The van der Waals surface area contributed by atoms with Gasteiger partial charge in [-0.2, -0.15) is 0 Å². The Morgan fingerprint density at radius 3 is 2.82 bits per heavy atom. The molecule has 2 heterocycles. The third-order valence-electron chi connectivity index (χ3n) is 3.24. The molecule has 1 aromatic carbocycles. The Labute approximate surface area is 105 Å². The third kappa shape index (κ3) is 1.71. The molecule has 17 heavy (non-hydrogen) atoms. The quantitative estimate of drug-likeness (QED) is 0.842. The highest BCUT2D eigenvalue weighted by molar-refractivity contribution is 6.36. The lowest BCUT2D eigenvalue weighted by Crippen LogP contribution is -2.17. The Morgan fingerprint density at radius 1 is 1.29 bits per heavy atom. The van der Waals surface area contributed by atoms with Gasteiger partial charge in [0.2, 0.25) is 0 Å². The summed E-state index contributed by atoms with van der Waals surface area (Å²) in [5.74, 6) is 0.243. The number of fused-ring (bicyclic) bond motifs is 1. The van der Waals surface area contributed by atoms with Crippen molar-refractivity contribution in [2.24, 2.45) is 0 Å². The number of aromatic nitrogens is 1. The summed E-state index contributed by atoms with van der Waals surface area (Å²) in [6.07, 6.45) is 4.00. The minimum Gasteiger partial charge on any atom is -0.504 e. The van der Waals surface area contributed by atoms with Crippen molar-refractivity contribution in [2.45, 2.75) is 12.8 Å². The number of phenols is 1. The molecule has 0 aliphatic carbocycles. The summed E-state index contributed by atoms with van der Waals surface area (Å²) in [5, 5.41) is 11.7. The number of phenolic OH excluding ortho intramolecular Hbond substituents is 1. The fraction of sp³-hybridized carbons (Fsp3) is 0.308. The minimum atomic E-state index is 0.243. The van der Waals surface area contributed by atoms with E-state index >= 15 is 0 Å². The third-order valence-corrected chi connectivity index (χ3v) is 3.55. The van der Waals surface area contributed by atoms with E-state index in [-0.39, 0.29) is 5.75 Å². The number of rotatable bonds is 1. The van der Waals surface area contributed by atoms with E-state index in [1.165, 1.54) is 0 Å². The number of nitrogens with zero attached hydrogens (tertiary/aromatic N) is 2. The molecule has 88 valence electrons. The molecular weight excluding hydrogens is 236 g/mol. The van der Waals surface area contributed by atoms with E-state index in [1.54, 1.807) is 6.20 Å². The molecule has 0 bridgehead atoms. The van der Waals surface area contributed by atoms with Gasteiger partial charge in [0.25, 0.3) is 0 Å². The summed E-state index contributed by atoms with van der Waals surface area (Å²) in [4.78, 5) is 6.37. The highest BCUT2D eigenvalue weighted by Gasteiger charge is 2.19. The summed E-state index contributed by atoms with van der Waals surface area (Å²) in [6, 6.07) is 5.54. The van der Waals surface area contributed by atoms with Crippen LogP contribution < -0.4 is 4.90 Å². The number of hydrogen-bond acceptors (Lipinski definition) is 3. The Balaban J connectivity index is 2.22. The number of halogens is 1. The topological polar surface area (TPSA) is 36.4 Å². The lowest BCUT2D eigenvalue weighted by molar-refractivity contribution is 0.480. The first-order valence-corrected chi connectivity index (χ1v) is 6.16. The highest BCUT2D eigenvalue weighted by Crippen LogP contribution is 2.39. The lowest BCUT2D eigenvalue weighted by atomic mass is 10.1. The zero-order chi connectivity index (χ0) is 11.8. The predicted molar refractivity (Wildman–Crippen MR) is 69.9 cm³/mol. The monoisotopic (exact) mass is 248 g/mol. The maximum Gasteiger partial charge on any atom is 0.165 e. The molecule has 0 radical (unpaired) electrons. The zero-order valence-electron chi connectivity index (χ0n) is 9.36. The predicted octanol–water partition coefficient (Wildman–Crippen LogP) is 3.19. The molecule has 3 nitrogen and oxygen atoms in total. The molecule has 0 unspecified atom stereocenters. The van der Waals surface area contributed by atoms with E-state index in [2.05, 4.69) is 9.88 Å². The van der Waals surface area contributed by atoms with Gasteiger partial charge in [-0.05, 0) is 31.0 Å². The van der Waals surface area contributed by atoms with Crippen molar-refractivity contribution >= 4 is 28.2 Å². The van der Waals surface area contributed by atoms with E-state index in [1.807, 2.05) is 18.2 Å². The first-order chi connectivity index (χ1) is 8.27. The second-order valence-electron chi connectivity index (χ2n) is 4.32. The van der Waals surface area contributed by atoms with Crippen LogP contribution in [0.5, 0.6) is 5.75 Å². The summed E-state index contributed by atoms with van der Waals surface area (Å²) in [6.45, 7) is 1.95. The zero-order valence-corrected chi connectivity index (χ0v) is 10.1. The number of aromatic hydroxyl groups is 1. The molecule has 3 rings (SSSR count). The van der Waals surface area contributed by atoms with Crippen molar-refractivity contribution in [3.8, 4) is 5.75 Å². The van der Waals surface area contributed by atoms with Crippen LogP contribution in [0, 0.1) is 0 Å². The standard InChI is InChI=1S/C13H13ClN2O/c14-10-8-11(16-6-1-2-7-16)13(17)12-9(10)4-3-5-15-12/h3-5,8,17H,1-2,6-7H2. The van der Waals surface area contributed by atoms with Crippen LogP contribution in [-0.4, -0.2) is 23.2 Å². The summed E-state index contributed by atoms with van der Waals surface area (Å²) < 4.78 is 0. The Hall–Kier alpha value is -1.48. The normalized spacial score (nSPS) is 15.7. The molecule has 1 fully saturated rings. The SMILES string of the molecule is Oc1c(N2CCCC2)cc(Cl)c2cccnc12. The molecule has 0 spiro atoms. The van der Waals surface area contributed by atoms with Crippen molar-refractivity contribution in [1.82, 2.24) is 4.98 Å². The van der Waals surface area contributed by atoms with Gasteiger partial charge < -0.3 is 10.0 Å². The molecule has 2 aromatic rings. The van der Waals surface area contributed by atoms with Gasteiger partial charge in [-0.1, -0.05) is 11.6 Å². The van der Waals surface area contributed by atoms with Gasteiger partial charge in [-0.15, -0.1) is 0 Å². The van der Waals surface area contributed by atoms with Gasteiger partial charge >= 0.3 is 0 Å². The molecule has 1 aromatic heterocycles. The van der Waals surface area contributed by atoms with Crippen molar-refractivity contribution < 1.29 is 5.11 Å². The molecule has 1 aliphatic rings. The molecule has 1 aliphatic heterocycles. The van der Waals surface area contributed by atoms with Gasteiger partial charge in [-0.25, -0.2) is 0 Å². The van der Waals surface area contributed by atoms with Gasteiger partial charge in [0.1, 0.15) is 5.52 Å². The molecular formula is C13H13ClN2O. The van der Waals surface area contributed by atoms with Crippen LogP contribution in [0.3, 0.4) is 0 Å². The average Bonchev–Trinajstić information content (AvgIpc) is 2.87. The van der Waals surface area contributed by atoms with E-state index in [0.29, 0.717) is 10.5 Å². The Morgan fingerprint density at radius 2 is 2.06 bits per heavy atom. The fourth-order valence-electron chi connectivity index (χ4n) is 2.37. The number of pyridine rings is 1. The van der Waals surface area contributed by atoms with Crippen molar-refractivity contribution in [3.05, 3.63) is 29.4 Å². The lowest BCUT2D eigenvalue weighted by Gasteiger charge is -2.20. The van der Waals surface area contributed by atoms with Crippen LogP contribution >= 0.6 is 11.6 Å². The minimum absolute atomic E-state index is 0.243. The second kappa shape index (κ2) is 4.08. The van der Waals surface area contributed by atoms with E-state index in [4.69, 9.17) is 11.6 Å². The number of anilines is 1. The number of benzene rings is 1. The smallest absolute Gasteiger partial charge is 0.165 e. The summed E-state index contributed by atoms with van der Waals surface area (Å²) >= 11 is 6.23. The van der Waals surface area contributed by atoms with Gasteiger partial charge in [0, 0.05) is 24.7 Å². The van der Waals surface area contributed by atoms with Crippen molar-refractivity contribution in [2.75, 3.05) is 18.0 Å². The first-order valence-electron chi connectivity index (χ1n) is 5.78. The van der Waals surface area contributed by atoms with Crippen LogP contribution in [0.2, 0.25) is 5.02 Å². The second-order valence-corrected chi connectivity index (χ2v) is 4.73. The molecule has 0 saturated carbocycles. The maximum atomic E-state index is 10.3. The van der Waals surface area contributed by atoms with Crippen LogP contribution in [0.1, 0.15) is 12.8 Å². The Bertz CT molecular complexity index is 565. The van der Waals surface area contributed by atoms with Crippen LogP contribution in [0.15, 0.2) is 24.4 Å². The van der Waals surface area contributed by atoms with Crippen LogP contribution in [0.25, 0.3) is 10.9 Å². The highest BCUT2D eigenvalue weighted by atomic mass is 35.5. The van der Waals surface area contributed by atoms with Crippen molar-refractivity contribution in [3.63, 3.8) is 0 Å². The largest absolute Gasteiger partial charge is 0.504 e. The van der Waals surface area contributed by atoms with Gasteiger partial charge in [-0.3, -0.25) is 4.98 Å². The van der Waals surface area contributed by atoms with E-state index < -0.39 is 0 Å². The average molecular weight is 249 g/mol. The van der Waals surface area contributed by atoms with E-state index in [0.717, 1.165) is 37.0 Å². The Kier molecular flexibility index (Phi) is 2.56. The summed E-state index contributed by atoms with van der Waals surface area (Å²) in [5.41, 5.74) is 1.39. The molecule has 0 amide bonds. The van der Waals surface area contributed by atoms with Crippen LogP contribution in [0.4, 0.5) is 5.69 Å². The maximum absolute atomic E-state index is 10.3. The van der Waals surface area contributed by atoms with E-state index in [9.17, 15) is 5.11 Å². The molecule has 0 atom stereocenters. The fourth-order valence-corrected chi connectivity index (χ4v) is 2.63. The number of hydrogen-bond donors (Lipinski definition) is 1. The molecule has 1 saturated heterocycles. The van der Waals surface area contributed by atoms with Gasteiger partial charge in [0.05, 0.1) is 10.7 Å². The van der Waals surface area contributed by atoms with Crippen LogP contribution in [-0.2, 0) is 0 Å².